The molecule has 174 valence electrons. The van der Waals surface area contributed by atoms with Gasteiger partial charge in [-0.3, -0.25) is 0 Å². The summed E-state index contributed by atoms with van der Waals surface area (Å²) in [7, 11) is 3.32. The number of aliphatic imine (C=N–C) groups is 2. The van der Waals surface area contributed by atoms with Gasteiger partial charge in [0.2, 0.25) is 11.8 Å². The number of methoxy groups -OCH3 is 2. The van der Waals surface area contributed by atoms with E-state index in [4.69, 9.17) is 28.9 Å². The van der Waals surface area contributed by atoms with E-state index < -0.39 is 0 Å². The number of unbranched alkanes of at least 4 members (excludes halogenated alkanes) is 2. The first-order chi connectivity index (χ1) is 14.9. The van der Waals surface area contributed by atoms with Crippen LogP contribution in [-0.2, 0) is 15.9 Å². The summed E-state index contributed by atoms with van der Waals surface area (Å²) in [5.41, 5.74) is 1.13. The zero-order chi connectivity index (χ0) is 22.8. The molecule has 0 aromatic heterocycles. The highest BCUT2D eigenvalue weighted by atomic mass is 127. The van der Waals surface area contributed by atoms with E-state index in [1.165, 1.54) is 0 Å². The van der Waals surface area contributed by atoms with Crippen molar-refractivity contribution in [1.82, 2.24) is 0 Å². The topological polar surface area (TPSA) is 61.6 Å². The van der Waals surface area contributed by atoms with Gasteiger partial charge in [-0.05, 0) is 59.0 Å². The highest BCUT2D eigenvalue weighted by Gasteiger charge is 2.31. The van der Waals surface area contributed by atoms with Crippen LogP contribution in [0, 0.1) is 9.49 Å². The zero-order valence-corrected chi connectivity index (χ0v) is 21.9. The Morgan fingerprint density at radius 2 is 1.48 bits per heavy atom. The lowest BCUT2D eigenvalue weighted by Gasteiger charge is -2.27. The van der Waals surface area contributed by atoms with Crippen molar-refractivity contribution in [2.45, 2.75) is 71.9 Å². The van der Waals surface area contributed by atoms with E-state index in [9.17, 15) is 0 Å². The van der Waals surface area contributed by atoms with Crippen LogP contribution in [0.5, 0.6) is 11.5 Å². The number of hydrogen-bond acceptors (Lipinski definition) is 6. The van der Waals surface area contributed by atoms with Crippen molar-refractivity contribution in [3.8, 4) is 11.5 Å². The molecule has 7 heteroatoms. The second-order valence-electron chi connectivity index (χ2n) is 8.05. The number of rotatable bonds is 11. The molecule has 2 atom stereocenters. The van der Waals surface area contributed by atoms with Crippen molar-refractivity contribution in [3.63, 3.8) is 0 Å². The monoisotopic (exact) mass is 544 g/mol. The lowest BCUT2D eigenvalue weighted by Crippen LogP contribution is -2.38. The lowest BCUT2D eigenvalue weighted by molar-refractivity contribution is 0.261. The Balaban J connectivity index is 2.30. The summed E-state index contributed by atoms with van der Waals surface area (Å²) in [6.07, 6.45) is 4.87. The van der Waals surface area contributed by atoms with Crippen LogP contribution in [0.4, 0.5) is 0 Å². The van der Waals surface area contributed by atoms with Gasteiger partial charge in [0.05, 0.1) is 27.4 Å². The summed E-state index contributed by atoms with van der Waals surface area (Å²) >= 11 is 2.36. The van der Waals surface area contributed by atoms with E-state index in [1.807, 2.05) is 0 Å². The molecular weight excluding hydrogens is 507 g/mol. The third-order valence-corrected chi connectivity index (χ3v) is 6.18. The normalized spacial score (nSPS) is 18.5. The Kier molecular flexibility index (Phi) is 10.9. The Labute approximate surface area is 201 Å². The van der Waals surface area contributed by atoms with E-state index in [-0.39, 0.29) is 18.0 Å². The fourth-order valence-electron chi connectivity index (χ4n) is 3.31. The molecule has 0 saturated heterocycles. The quantitative estimate of drug-likeness (QED) is 0.265. The molecule has 0 unspecified atom stereocenters. The van der Waals surface area contributed by atoms with Gasteiger partial charge in [0.25, 0.3) is 0 Å². The van der Waals surface area contributed by atoms with Gasteiger partial charge in [-0.2, -0.15) is 0 Å². The molecule has 0 N–H and O–H groups in total. The lowest BCUT2D eigenvalue weighted by atomic mass is 10.0. The van der Waals surface area contributed by atoms with E-state index in [0.717, 1.165) is 46.3 Å². The molecule has 1 heterocycles. The van der Waals surface area contributed by atoms with Crippen LogP contribution in [0.1, 0.15) is 58.9 Å². The van der Waals surface area contributed by atoms with Crippen LogP contribution in [0.15, 0.2) is 22.1 Å². The van der Waals surface area contributed by atoms with Crippen LogP contribution in [0.25, 0.3) is 0 Å². The molecule has 0 bridgehead atoms. The van der Waals surface area contributed by atoms with Gasteiger partial charge in [0.15, 0.2) is 11.5 Å². The van der Waals surface area contributed by atoms with Crippen molar-refractivity contribution in [3.05, 3.63) is 21.3 Å². The van der Waals surface area contributed by atoms with Crippen molar-refractivity contribution in [2.75, 3.05) is 27.4 Å². The minimum Gasteiger partial charge on any atom is -0.490 e. The maximum Gasteiger partial charge on any atom is 0.209 e. The number of hydrogen-bond donors (Lipinski definition) is 0. The van der Waals surface area contributed by atoms with Crippen LogP contribution >= 0.6 is 22.6 Å². The summed E-state index contributed by atoms with van der Waals surface area (Å²) < 4.78 is 24.4. The standard InChI is InChI=1S/C24H37IN2O4/c1-7-9-11-30-20-14-17(18(25)15-21(20)31-12-10-8-2)13-19-23(28-5)27-22(16(3)4)24(26-19)29-6/h14-16,19,22H,7-13H2,1-6H3/t19-,22+/m1/s1. The molecule has 1 aromatic rings. The predicted molar refractivity (Wildman–Crippen MR) is 135 cm³/mol. The number of nitrogens with zero attached hydrogens (tertiary/aromatic N) is 2. The average Bonchev–Trinajstić information content (AvgIpc) is 2.76. The summed E-state index contributed by atoms with van der Waals surface area (Å²) in [6, 6.07) is 3.82. The summed E-state index contributed by atoms with van der Waals surface area (Å²) in [4.78, 5) is 9.63. The molecule has 0 saturated carbocycles. The maximum absolute atomic E-state index is 6.09. The van der Waals surface area contributed by atoms with Crippen LogP contribution in [0.3, 0.4) is 0 Å². The van der Waals surface area contributed by atoms with Crippen LogP contribution in [-0.4, -0.2) is 51.3 Å². The Hall–Kier alpha value is -1.51. The van der Waals surface area contributed by atoms with Crippen LogP contribution < -0.4 is 9.47 Å². The van der Waals surface area contributed by atoms with Crippen molar-refractivity contribution < 1.29 is 18.9 Å². The number of ether oxygens (including phenoxy) is 4. The van der Waals surface area contributed by atoms with E-state index >= 15 is 0 Å². The second-order valence-corrected chi connectivity index (χ2v) is 9.21. The fraction of sp³-hybridized carbons (Fsp3) is 0.667. The summed E-state index contributed by atoms with van der Waals surface area (Å²) in [5.74, 6) is 3.19. The minimum atomic E-state index is -0.223. The smallest absolute Gasteiger partial charge is 0.209 e. The molecule has 0 spiro atoms. The molecule has 1 aliphatic heterocycles. The van der Waals surface area contributed by atoms with E-state index in [2.05, 4.69) is 62.4 Å². The average molecular weight is 544 g/mol. The van der Waals surface area contributed by atoms with Crippen molar-refractivity contribution in [1.29, 1.82) is 0 Å². The Morgan fingerprint density at radius 3 is 2.00 bits per heavy atom. The molecule has 1 aliphatic rings. The van der Waals surface area contributed by atoms with Gasteiger partial charge >= 0.3 is 0 Å². The Morgan fingerprint density at radius 1 is 0.903 bits per heavy atom. The van der Waals surface area contributed by atoms with Gasteiger partial charge in [-0.1, -0.05) is 40.5 Å². The molecular formula is C24H37IN2O4. The van der Waals surface area contributed by atoms with Gasteiger partial charge < -0.3 is 18.9 Å². The van der Waals surface area contributed by atoms with Gasteiger partial charge in [0.1, 0.15) is 12.1 Å². The predicted octanol–water partition coefficient (Wildman–Crippen LogP) is 5.69. The zero-order valence-electron chi connectivity index (χ0n) is 19.7. The van der Waals surface area contributed by atoms with Gasteiger partial charge in [0, 0.05) is 9.99 Å². The summed E-state index contributed by atoms with van der Waals surface area (Å²) in [6.45, 7) is 9.90. The van der Waals surface area contributed by atoms with Gasteiger partial charge in [-0.15, -0.1) is 0 Å². The molecule has 2 rings (SSSR count). The first-order valence-electron chi connectivity index (χ1n) is 11.3. The summed E-state index contributed by atoms with van der Waals surface area (Å²) in [5, 5.41) is 0. The molecule has 6 nitrogen and oxygen atoms in total. The molecule has 0 fully saturated rings. The Bertz CT molecular complexity index is 764. The fourth-order valence-corrected chi connectivity index (χ4v) is 3.97. The highest BCUT2D eigenvalue weighted by Crippen LogP contribution is 2.34. The maximum atomic E-state index is 6.09. The third-order valence-electron chi connectivity index (χ3n) is 5.17. The van der Waals surface area contributed by atoms with E-state index in [0.29, 0.717) is 31.4 Å². The van der Waals surface area contributed by atoms with Crippen molar-refractivity contribution >= 4 is 34.4 Å². The molecule has 0 amide bonds. The first-order valence-corrected chi connectivity index (χ1v) is 12.3. The van der Waals surface area contributed by atoms with Crippen LogP contribution in [0.2, 0.25) is 0 Å². The second kappa shape index (κ2) is 13.1. The van der Waals surface area contributed by atoms with Crippen molar-refractivity contribution in [2.24, 2.45) is 15.9 Å². The highest BCUT2D eigenvalue weighted by molar-refractivity contribution is 14.1. The molecule has 0 aliphatic carbocycles. The SMILES string of the molecule is CCCCOc1cc(I)c(C[C@H]2N=C(OC)[C@H](C(C)C)N=C2OC)cc1OCCCC. The molecule has 0 radical (unpaired) electrons. The third kappa shape index (κ3) is 7.26. The largest absolute Gasteiger partial charge is 0.490 e. The number of benzene rings is 1. The molecule has 31 heavy (non-hydrogen) atoms. The minimum absolute atomic E-state index is 0.113. The van der Waals surface area contributed by atoms with E-state index in [1.54, 1.807) is 14.2 Å². The van der Waals surface area contributed by atoms with Gasteiger partial charge in [-0.25, -0.2) is 9.98 Å². The number of halogens is 1. The molecule has 1 aromatic carbocycles. The first kappa shape index (κ1) is 25.7.